The highest BCUT2D eigenvalue weighted by Crippen LogP contribution is 2.39. The summed E-state index contributed by atoms with van der Waals surface area (Å²) in [6, 6.07) is 4.57. The number of rotatable bonds is 7. The largest absolute Gasteiger partial charge is 0.495 e. The number of hydrogen-bond donors (Lipinski definition) is 3. The van der Waals surface area contributed by atoms with Crippen LogP contribution in [0.5, 0.6) is 5.75 Å². The normalized spacial score (nSPS) is 18.6. The zero-order valence-corrected chi connectivity index (χ0v) is 21.1. The average molecular weight is 519 g/mol. The van der Waals surface area contributed by atoms with E-state index in [1.54, 1.807) is 24.0 Å². The first-order valence-corrected chi connectivity index (χ1v) is 12.3. The number of nitrogens with one attached hydrogen (secondary N) is 2. The molecule has 10 nitrogen and oxygen atoms in total. The maximum atomic E-state index is 14.9. The number of nitrogens with zero attached hydrogens (tertiary/aromatic N) is 4. The van der Waals surface area contributed by atoms with Gasteiger partial charge in [-0.1, -0.05) is 19.3 Å². The van der Waals surface area contributed by atoms with E-state index in [0.29, 0.717) is 17.0 Å². The van der Waals surface area contributed by atoms with Crippen LogP contribution in [0.25, 0.3) is 0 Å². The molecule has 2 heterocycles. The molecule has 2 aliphatic rings. The maximum absolute atomic E-state index is 14.9. The van der Waals surface area contributed by atoms with Crippen LogP contribution in [0.4, 0.5) is 31.9 Å². The lowest BCUT2D eigenvalue weighted by Gasteiger charge is -2.35. The Balaban J connectivity index is 1.65. The van der Waals surface area contributed by atoms with E-state index in [1.165, 1.54) is 26.4 Å². The number of aliphatic hydroxyl groups is 1. The molecule has 0 radical (unpaired) electrons. The molecule has 1 aromatic heterocycles. The number of aliphatic hydroxyl groups excluding tert-OH is 1. The topological polar surface area (TPSA) is 120 Å². The molecule has 12 heteroatoms. The van der Waals surface area contributed by atoms with Crippen molar-refractivity contribution in [3.05, 3.63) is 30.0 Å². The fourth-order valence-electron chi connectivity index (χ4n) is 4.68. The second kappa shape index (κ2) is 10.8. The smallest absolute Gasteiger partial charge is 0.342 e. The molecule has 1 saturated carbocycles. The summed E-state index contributed by atoms with van der Waals surface area (Å²) in [5.41, 5.74) is 1.01. The van der Waals surface area contributed by atoms with Gasteiger partial charge >= 0.3 is 5.92 Å². The minimum absolute atomic E-state index is 0.109. The third kappa shape index (κ3) is 5.74. The van der Waals surface area contributed by atoms with Gasteiger partial charge in [-0.15, -0.1) is 0 Å². The summed E-state index contributed by atoms with van der Waals surface area (Å²) >= 11 is 0. The van der Waals surface area contributed by atoms with E-state index in [9.17, 15) is 23.5 Å². The van der Waals surface area contributed by atoms with Crippen molar-refractivity contribution in [1.29, 1.82) is 0 Å². The monoisotopic (exact) mass is 518 g/mol. The number of aromatic nitrogens is 2. The number of fused-ring (bicyclic) bond motifs is 1. The van der Waals surface area contributed by atoms with Crippen LogP contribution in [0.1, 0.15) is 49.4 Å². The SMILES string of the molecule is COc1cc(C(=O)NCC(C)O)ccc1Nc1ncc2c(n1)N(C1CCCCC1)CC(F)(F)C(=O)N2C. The lowest BCUT2D eigenvalue weighted by atomic mass is 9.94. The van der Waals surface area contributed by atoms with Gasteiger partial charge in [-0.05, 0) is 38.0 Å². The van der Waals surface area contributed by atoms with E-state index in [-0.39, 0.29) is 35.9 Å². The van der Waals surface area contributed by atoms with Gasteiger partial charge < -0.3 is 30.3 Å². The molecule has 2 amide bonds. The fourth-order valence-corrected chi connectivity index (χ4v) is 4.68. The van der Waals surface area contributed by atoms with Crippen LogP contribution in [0.2, 0.25) is 0 Å². The fraction of sp³-hybridized carbons (Fsp3) is 0.520. The predicted molar refractivity (Wildman–Crippen MR) is 135 cm³/mol. The minimum atomic E-state index is -3.56. The molecule has 0 bridgehead atoms. The highest BCUT2D eigenvalue weighted by Gasteiger charge is 2.48. The summed E-state index contributed by atoms with van der Waals surface area (Å²) in [5, 5.41) is 15.1. The highest BCUT2D eigenvalue weighted by atomic mass is 19.3. The number of benzene rings is 1. The Bertz CT molecular complexity index is 1160. The van der Waals surface area contributed by atoms with Gasteiger partial charge in [0.15, 0.2) is 5.82 Å². The number of hydrogen-bond acceptors (Lipinski definition) is 8. The molecule has 4 rings (SSSR count). The van der Waals surface area contributed by atoms with Crippen LogP contribution in [0.15, 0.2) is 24.4 Å². The minimum Gasteiger partial charge on any atom is -0.495 e. The number of halogens is 2. The molecule has 1 unspecified atom stereocenters. The van der Waals surface area contributed by atoms with Gasteiger partial charge in [-0.3, -0.25) is 9.59 Å². The van der Waals surface area contributed by atoms with Crippen LogP contribution in [-0.4, -0.2) is 72.2 Å². The van der Waals surface area contributed by atoms with Crippen molar-refractivity contribution >= 4 is 35.0 Å². The van der Waals surface area contributed by atoms with Crippen molar-refractivity contribution in [2.24, 2.45) is 0 Å². The van der Waals surface area contributed by atoms with Crippen LogP contribution in [-0.2, 0) is 4.79 Å². The van der Waals surface area contributed by atoms with Crippen LogP contribution in [0.3, 0.4) is 0 Å². The zero-order valence-electron chi connectivity index (χ0n) is 21.1. The molecule has 0 spiro atoms. The molecule has 2 aromatic rings. The Morgan fingerprint density at radius 3 is 2.70 bits per heavy atom. The maximum Gasteiger partial charge on any atom is 0.342 e. The van der Waals surface area contributed by atoms with Crippen LogP contribution >= 0.6 is 0 Å². The van der Waals surface area contributed by atoms with Gasteiger partial charge in [-0.2, -0.15) is 13.8 Å². The molecule has 1 fully saturated rings. The van der Waals surface area contributed by atoms with Gasteiger partial charge in [0.05, 0.1) is 31.6 Å². The molecule has 1 aliphatic carbocycles. The van der Waals surface area contributed by atoms with Gasteiger partial charge in [-0.25, -0.2) is 4.98 Å². The van der Waals surface area contributed by atoms with E-state index in [4.69, 9.17) is 4.74 Å². The standard InChI is InChI=1S/C25H32F2N6O4/c1-15(34)12-28-22(35)16-9-10-18(20(11-16)37-3)30-24-29-13-19-21(31-24)33(17-7-5-4-6-8-17)14-25(26,27)23(36)32(19)2/h9-11,13,15,17,34H,4-8,12,14H2,1-3H3,(H,28,35)(H,29,30,31). The molecule has 1 aliphatic heterocycles. The van der Waals surface area contributed by atoms with Crippen molar-refractivity contribution in [3.63, 3.8) is 0 Å². The van der Waals surface area contributed by atoms with Gasteiger partial charge in [0, 0.05) is 25.2 Å². The molecular formula is C25H32F2N6O4. The van der Waals surface area contributed by atoms with Crippen LogP contribution in [0, 0.1) is 0 Å². The first-order valence-electron chi connectivity index (χ1n) is 12.3. The lowest BCUT2D eigenvalue weighted by molar-refractivity contribution is -0.140. The second-order valence-electron chi connectivity index (χ2n) is 9.49. The number of anilines is 4. The number of carbonyl (C=O) groups excluding carboxylic acids is 2. The Morgan fingerprint density at radius 1 is 1.30 bits per heavy atom. The van der Waals surface area contributed by atoms with Gasteiger partial charge in [0.25, 0.3) is 11.8 Å². The van der Waals surface area contributed by atoms with Crippen molar-refractivity contribution in [1.82, 2.24) is 15.3 Å². The van der Waals surface area contributed by atoms with E-state index >= 15 is 0 Å². The van der Waals surface area contributed by atoms with E-state index in [1.807, 2.05) is 0 Å². The van der Waals surface area contributed by atoms with E-state index in [0.717, 1.165) is 37.0 Å². The Hall–Kier alpha value is -3.54. The first kappa shape index (κ1) is 26.5. The van der Waals surface area contributed by atoms with Crippen molar-refractivity contribution in [3.8, 4) is 5.75 Å². The molecular weight excluding hydrogens is 486 g/mol. The van der Waals surface area contributed by atoms with Crippen molar-refractivity contribution < 1.29 is 28.2 Å². The summed E-state index contributed by atoms with van der Waals surface area (Å²) in [6.45, 7) is 0.931. The number of methoxy groups -OCH3 is 1. The second-order valence-corrected chi connectivity index (χ2v) is 9.49. The summed E-state index contributed by atoms with van der Waals surface area (Å²) in [5.74, 6) is -4.48. The number of amides is 2. The van der Waals surface area contributed by atoms with Crippen molar-refractivity contribution in [2.75, 3.05) is 42.4 Å². The summed E-state index contributed by atoms with van der Waals surface area (Å²) in [4.78, 5) is 36.2. The third-order valence-corrected chi connectivity index (χ3v) is 6.65. The summed E-state index contributed by atoms with van der Waals surface area (Å²) in [6.07, 6.45) is 5.07. The number of ether oxygens (including phenoxy) is 1. The summed E-state index contributed by atoms with van der Waals surface area (Å²) < 4.78 is 35.2. The van der Waals surface area contributed by atoms with Gasteiger partial charge in [0.1, 0.15) is 11.4 Å². The Kier molecular flexibility index (Phi) is 7.76. The quantitative estimate of drug-likeness (QED) is 0.512. The predicted octanol–water partition coefficient (Wildman–Crippen LogP) is 3.09. The Morgan fingerprint density at radius 2 is 2.03 bits per heavy atom. The number of alkyl halides is 2. The van der Waals surface area contributed by atoms with Crippen molar-refractivity contribution in [2.45, 2.75) is 57.1 Å². The highest BCUT2D eigenvalue weighted by molar-refractivity contribution is 6.02. The molecule has 200 valence electrons. The van der Waals surface area contributed by atoms with Crippen LogP contribution < -0.4 is 25.2 Å². The first-order chi connectivity index (χ1) is 17.6. The molecule has 37 heavy (non-hydrogen) atoms. The lowest BCUT2D eigenvalue weighted by Crippen LogP contribution is -2.49. The molecule has 3 N–H and O–H groups in total. The number of carbonyl (C=O) groups is 2. The molecule has 1 atom stereocenters. The molecule has 0 saturated heterocycles. The van der Waals surface area contributed by atoms with E-state index < -0.39 is 24.5 Å². The summed E-state index contributed by atoms with van der Waals surface area (Å²) in [7, 11) is 2.75. The average Bonchev–Trinajstić information content (AvgIpc) is 2.96. The van der Waals surface area contributed by atoms with Gasteiger partial charge in [0.2, 0.25) is 5.95 Å². The Labute approximate surface area is 214 Å². The third-order valence-electron chi connectivity index (χ3n) is 6.65. The molecule has 1 aromatic carbocycles. The van der Waals surface area contributed by atoms with E-state index in [2.05, 4.69) is 20.6 Å². The zero-order chi connectivity index (χ0) is 26.7.